The van der Waals surface area contributed by atoms with Crippen LogP contribution < -0.4 is 10.6 Å². The zero-order valence-corrected chi connectivity index (χ0v) is 11.7. The molecule has 0 radical (unpaired) electrons. The quantitative estimate of drug-likeness (QED) is 0.879. The Morgan fingerprint density at radius 1 is 1.35 bits per heavy atom. The van der Waals surface area contributed by atoms with Gasteiger partial charge in [-0.05, 0) is 17.9 Å². The number of carbonyl (C=O) groups is 2. The van der Waals surface area contributed by atoms with Crippen molar-refractivity contribution in [3.05, 3.63) is 28.7 Å². The summed E-state index contributed by atoms with van der Waals surface area (Å²) in [6.07, 6.45) is 1.83. The number of anilines is 1. The highest BCUT2D eigenvalue weighted by Crippen LogP contribution is 2.24. The van der Waals surface area contributed by atoms with Crippen molar-refractivity contribution >= 4 is 28.2 Å². The largest absolute Gasteiger partial charge is 0.355 e. The van der Waals surface area contributed by atoms with Crippen LogP contribution in [0.2, 0.25) is 0 Å². The average Bonchev–Trinajstić information content (AvgIpc) is 3.12. The number of nitrogens with one attached hydrogen (secondary N) is 2. The lowest BCUT2D eigenvalue weighted by atomic mass is 10.3. The van der Waals surface area contributed by atoms with Gasteiger partial charge in [0.2, 0.25) is 5.82 Å². The van der Waals surface area contributed by atoms with Gasteiger partial charge in [-0.2, -0.15) is 0 Å². The Morgan fingerprint density at radius 2 is 2.20 bits per heavy atom. The van der Waals surface area contributed by atoms with Crippen LogP contribution in [0.15, 0.2) is 11.4 Å². The van der Waals surface area contributed by atoms with Crippen molar-refractivity contribution in [2.45, 2.75) is 19.4 Å². The topological polar surface area (TPSA) is 88.9 Å². The first kappa shape index (κ1) is 12.8. The molecule has 0 unspecified atom stereocenters. The molecular formula is C12H13N5O2S. The summed E-state index contributed by atoms with van der Waals surface area (Å²) in [5, 5.41) is 15.5. The lowest BCUT2D eigenvalue weighted by Gasteiger charge is -2.05. The molecule has 0 saturated heterocycles. The maximum absolute atomic E-state index is 12.2. The summed E-state index contributed by atoms with van der Waals surface area (Å²) in [5.41, 5.74) is 0.451. The third-order valence-electron chi connectivity index (χ3n) is 3.18. The first-order valence-corrected chi connectivity index (χ1v) is 7.11. The number of rotatable bonds is 3. The number of thiophene rings is 1. The molecule has 1 aliphatic heterocycles. The highest BCUT2D eigenvalue weighted by Gasteiger charge is 2.23. The molecule has 0 fully saturated rings. The molecule has 7 nitrogen and oxygen atoms in total. The summed E-state index contributed by atoms with van der Waals surface area (Å²) in [6, 6.07) is 1.67. The van der Waals surface area contributed by atoms with Crippen LogP contribution in [0.25, 0.3) is 0 Å². The second-order valence-corrected chi connectivity index (χ2v) is 5.31. The van der Waals surface area contributed by atoms with Crippen molar-refractivity contribution in [2.24, 2.45) is 0 Å². The molecule has 0 spiro atoms. The van der Waals surface area contributed by atoms with Crippen molar-refractivity contribution in [2.75, 3.05) is 12.4 Å². The van der Waals surface area contributed by atoms with Gasteiger partial charge < -0.3 is 15.2 Å². The predicted octanol–water partition coefficient (Wildman–Crippen LogP) is 0.898. The van der Waals surface area contributed by atoms with Crippen LogP contribution in [0, 0.1) is 0 Å². The van der Waals surface area contributed by atoms with Gasteiger partial charge in [0.05, 0.1) is 5.56 Å². The summed E-state index contributed by atoms with van der Waals surface area (Å²) in [4.78, 5) is 23.9. The number of amides is 2. The number of aryl methyl sites for hydroxylation is 1. The van der Waals surface area contributed by atoms with E-state index in [1.54, 1.807) is 18.5 Å². The standard InChI is InChI=1S/C12H13N5O2S/c1-13-10(18)7-4-6-20-12(7)14-11(19)9-16-15-8-3-2-5-17(8)9/h4,6H,2-3,5H2,1H3,(H,13,18)(H,14,19). The highest BCUT2D eigenvalue weighted by molar-refractivity contribution is 7.14. The lowest BCUT2D eigenvalue weighted by Crippen LogP contribution is -2.21. The third-order valence-corrected chi connectivity index (χ3v) is 4.01. The Kier molecular flexibility index (Phi) is 3.23. The molecular weight excluding hydrogens is 278 g/mol. The normalized spacial score (nSPS) is 13.1. The number of aromatic nitrogens is 3. The summed E-state index contributed by atoms with van der Waals surface area (Å²) in [7, 11) is 1.55. The second-order valence-electron chi connectivity index (χ2n) is 4.39. The number of fused-ring (bicyclic) bond motifs is 1. The van der Waals surface area contributed by atoms with Gasteiger partial charge in [-0.25, -0.2) is 0 Å². The van der Waals surface area contributed by atoms with Gasteiger partial charge in [0.1, 0.15) is 10.8 Å². The molecule has 8 heteroatoms. The van der Waals surface area contributed by atoms with Gasteiger partial charge in [-0.1, -0.05) is 0 Å². The summed E-state index contributed by atoms with van der Waals surface area (Å²) in [6.45, 7) is 0.762. The zero-order chi connectivity index (χ0) is 14.1. The maximum atomic E-state index is 12.2. The number of carbonyl (C=O) groups excluding carboxylic acids is 2. The van der Waals surface area contributed by atoms with Gasteiger partial charge in [0.15, 0.2) is 0 Å². The fraction of sp³-hybridized carbons (Fsp3) is 0.333. The molecule has 2 aromatic rings. The van der Waals surface area contributed by atoms with Crippen molar-refractivity contribution in [1.82, 2.24) is 20.1 Å². The fourth-order valence-corrected chi connectivity index (χ4v) is 2.98. The smallest absolute Gasteiger partial charge is 0.294 e. The summed E-state index contributed by atoms with van der Waals surface area (Å²) in [5.74, 6) is 0.577. The summed E-state index contributed by atoms with van der Waals surface area (Å²) >= 11 is 1.30. The van der Waals surface area contributed by atoms with Gasteiger partial charge in [-0.15, -0.1) is 21.5 Å². The molecule has 2 amide bonds. The van der Waals surface area contributed by atoms with Crippen LogP contribution in [0.5, 0.6) is 0 Å². The minimum Gasteiger partial charge on any atom is -0.355 e. The third kappa shape index (κ3) is 2.07. The van der Waals surface area contributed by atoms with Crippen molar-refractivity contribution in [3.8, 4) is 0 Å². The van der Waals surface area contributed by atoms with Crippen molar-refractivity contribution in [3.63, 3.8) is 0 Å². The molecule has 0 aromatic carbocycles. The molecule has 104 valence electrons. The summed E-state index contributed by atoms with van der Waals surface area (Å²) < 4.78 is 1.82. The Bertz CT molecular complexity index is 675. The van der Waals surface area contributed by atoms with E-state index >= 15 is 0 Å². The van der Waals surface area contributed by atoms with E-state index in [2.05, 4.69) is 20.8 Å². The van der Waals surface area contributed by atoms with E-state index in [0.29, 0.717) is 16.4 Å². The van der Waals surface area contributed by atoms with Gasteiger partial charge in [0.25, 0.3) is 11.8 Å². The van der Waals surface area contributed by atoms with Crippen LogP contribution >= 0.6 is 11.3 Å². The van der Waals surface area contributed by atoms with Crippen LogP contribution in [0.3, 0.4) is 0 Å². The number of hydrogen-bond acceptors (Lipinski definition) is 5. The van der Waals surface area contributed by atoms with E-state index < -0.39 is 0 Å². The Labute approximate surface area is 119 Å². The monoisotopic (exact) mass is 291 g/mol. The molecule has 0 atom stereocenters. The Morgan fingerprint density at radius 3 is 3.00 bits per heavy atom. The van der Waals surface area contributed by atoms with Crippen LogP contribution in [-0.2, 0) is 13.0 Å². The SMILES string of the molecule is CNC(=O)c1ccsc1NC(=O)c1nnc2n1CCC2. The predicted molar refractivity (Wildman–Crippen MR) is 74.0 cm³/mol. The molecule has 1 aliphatic rings. The minimum atomic E-state index is -0.335. The average molecular weight is 291 g/mol. The molecule has 3 rings (SSSR count). The fourth-order valence-electron chi connectivity index (χ4n) is 2.20. The zero-order valence-electron chi connectivity index (χ0n) is 10.8. The van der Waals surface area contributed by atoms with Crippen molar-refractivity contribution in [1.29, 1.82) is 0 Å². The Hall–Kier alpha value is -2.22. The molecule has 0 aliphatic carbocycles. The van der Waals surface area contributed by atoms with Gasteiger partial charge >= 0.3 is 0 Å². The first-order valence-electron chi connectivity index (χ1n) is 6.23. The van der Waals surface area contributed by atoms with E-state index in [1.165, 1.54) is 11.3 Å². The van der Waals surface area contributed by atoms with E-state index in [-0.39, 0.29) is 11.8 Å². The molecule has 20 heavy (non-hydrogen) atoms. The van der Waals surface area contributed by atoms with Gasteiger partial charge in [-0.3, -0.25) is 9.59 Å². The molecule has 3 heterocycles. The van der Waals surface area contributed by atoms with Crippen LogP contribution in [0.1, 0.15) is 33.2 Å². The van der Waals surface area contributed by atoms with E-state index in [9.17, 15) is 9.59 Å². The number of hydrogen-bond donors (Lipinski definition) is 2. The Balaban J connectivity index is 1.83. The molecule has 2 N–H and O–H groups in total. The highest BCUT2D eigenvalue weighted by atomic mass is 32.1. The van der Waals surface area contributed by atoms with Crippen LogP contribution in [-0.4, -0.2) is 33.6 Å². The van der Waals surface area contributed by atoms with E-state index in [4.69, 9.17) is 0 Å². The second kappa shape index (κ2) is 5.04. The van der Waals surface area contributed by atoms with Gasteiger partial charge in [0, 0.05) is 20.0 Å². The lowest BCUT2D eigenvalue weighted by molar-refractivity contribution is 0.0964. The van der Waals surface area contributed by atoms with E-state index in [1.807, 2.05) is 4.57 Å². The van der Waals surface area contributed by atoms with Crippen molar-refractivity contribution < 1.29 is 9.59 Å². The van der Waals surface area contributed by atoms with Crippen LogP contribution in [0.4, 0.5) is 5.00 Å². The molecule has 0 bridgehead atoms. The minimum absolute atomic E-state index is 0.229. The number of nitrogens with zero attached hydrogens (tertiary/aromatic N) is 3. The molecule has 2 aromatic heterocycles. The molecule has 0 saturated carbocycles. The maximum Gasteiger partial charge on any atom is 0.294 e. The first-order chi connectivity index (χ1) is 9.70. The van der Waals surface area contributed by atoms with E-state index in [0.717, 1.165) is 25.2 Å².